The molecule has 2 aliphatic rings. The first-order valence-corrected chi connectivity index (χ1v) is 6.48. The Morgan fingerprint density at radius 3 is 2.65 bits per heavy atom. The van der Waals surface area contributed by atoms with Gasteiger partial charge in [0, 0.05) is 19.0 Å². The third-order valence-corrected chi connectivity index (χ3v) is 3.57. The van der Waals surface area contributed by atoms with Crippen molar-refractivity contribution < 1.29 is 8.78 Å². The molecule has 4 nitrogen and oxygen atoms in total. The zero-order chi connectivity index (χ0) is 12.3. The van der Waals surface area contributed by atoms with E-state index in [9.17, 15) is 8.78 Å². The van der Waals surface area contributed by atoms with Crippen LogP contribution in [0.4, 0.5) is 8.78 Å². The first-order chi connectivity index (χ1) is 8.20. The predicted molar refractivity (Wildman–Crippen MR) is 62.4 cm³/mol. The van der Waals surface area contributed by atoms with E-state index in [4.69, 9.17) is 0 Å². The van der Waals surface area contributed by atoms with Crippen LogP contribution in [0.5, 0.6) is 0 Å². The van der Waals surface area contributed by atoms with Crippen LogP contribution in [0.3, 0.4) is 0 Å². The molecule has 17 heavy (non-hydrogen) atoms. The Morgan fingerprint density at radius 2 is 2.00 bits per heavy atom. The van der Waals surface area contributed by atoms with Gasteiger partial charge in [0.25, 0.3) is 0 Å². The molecule has 0 aromatic heterocycles. The summed E-state index contributed by atoms with van der Waals surface area (Å²) >= 11 is 0. The molecule has 6 heteroatoms. The topological polar surface area (TPSA) is 39.3 Å². The highest BCUT2D eigenvalue weighted by atomic mass is 19.1. The molecule has 1 aliphatic carbocycles. The van der Waals surface area contributed by atoms with Gasteiger partial charge in [0.05, 0.1) is 6.17 Å². The summed E-state index contributed by atoms with van der Waals surface area (Å²) in [4.78, 5) is 0. The van der Waals surface area contributed by atoms with Crippen LogP contribution in [0.1, 0.15) is 26.2 Å². The Morgan fingerprint density at radius 1 is 1.29 bits per heavy atom. The van der Waals surface area contributed by atoms with Crippen molar-refractivity contribution in [3.05, 3.63) is 0 Å². The number of rotatable bonds is 4. The minimum Gasteiger partial charge on any atom is -0.300 e. The van der Waals surface area contributed by atoms with Crippen LogP contribution in [-0.2, 0) is 0 Å². The molecule has 0 radical (unpaired) electrons. The molecule has 0 aromatic rings. The van der Waals surface area contributed by atoms with Gasteiger partial charge >= 0.3 is 0 Å². The number of nitrogens with one attached hydrogen (secondary N) is 3. The normalized spacial score (nSPS) is 39.7. The van der Waals surface area contributed by atoms with E-state index < -0.39 is 18.3 Å². The number of nitrogens with zero attached hydrogens (tertiary/aromatic N) is 1. The van der Waals surface area contributed by atoms with Crippen molar-refractivity contribution >= 4 is 0 Å². The SMILES string of the molecule is CCNC1CN(CC2C(F)CCCC2F)NN1. The Bertz CT molecular complexity index is 232. The molecular weight excluding hydrogens is 226 g/mol. The highest BCUT2D eigenvalue weighted by molar-refractivity contribution is 4.85. The first kappa shape index (κ1) is 13.1. The van der Waals surface area contributed by atoms with Gasteiger partial charge < -0.3 is 5.32 Å². The quantitative estimate of drug-likeness (QED) is 0.686. The predicted octanol–water partition coefficient (Wildman–Crippen LogP) is 0.723. The molecule has 2 rings (SSSR count). The Labute approximate surface area is 101 Å². The fraction of sp³-hybridized carbons (Fsp3) is 1.00. The molecule has 0 aromatic carbocycles. The lowest BCUT2D eigenvalue weighted by molar-refractivity contribution is 0.0388. The van der Waals surface area contributed by atoms with Crippen molar-refractivity contribution in [2.24, 2.45) is 5.92 Å². The minimum atomic E-state index is -1.00. The van der Waals surface area contributed by atoms with Crippen LogP contribution >= 0.6 is 0 Å². The van der Waals surface area contributed by atoms with Crippen molar-refractivity contribution in [3.8, 4) is 0 Å². The van der Waals surface area contributed by atoms with Crippen LogP contribution in [0.15, 0.2) is 0 Å². The van der Waals surface area contributed by atoms with Gasteiger partial charge in [0.1, 0.15) is 12.3 Å². The molecular formula is C11H22F2N4. The van der Waals surface area contributed by atoms with E-state index in [1.807, 2.05) is 11.9 Å². The number of halogens is 2. The fourth-order valence-corrected chi connectivity index (χ4v) is 2.61. The highest BCUT2D eigenvalue weighted by Crippen LogP contribution is 2.30. The minimum absolute atomic E-state index is 0.153. The maximum absolute atomic E-state index is 13.7. The molecule has 3 atom stereocenters. The van der Waals surface area contributed by atoms with E-state index in [1.165, 1.54) is 0 Å². The second-order valence-electron chi connectivity index (χ2n) is 4.90. The summed E-state index contributed by atoms with van der Waals surface area (Å²) in [5.41, 5.74) is 6.01. The van der Waals surface area contributed by atoms with Crippen molar-refractivity contribution in [3.63, 3.8) is 0 Å². The monoisotopic (exact) mass is 248 g/mol. The van der Waals surface area contributed by atoms with E-state index in [2.05, 4.69) is 16.3 Å². The molecule has 0 bridgehead atoms. The molecule has 1 aliphatic heterocycles. The maximum Gasteiger partial charge on any atom is 0.107 e. The van der Waals surface area contributed by atoms with Gasteiger partial charge in [0.15, 0.2) is 0 Å². The van der Waals surface area contributed by atoms with Gasteiger partial charge in [-0.15, -0.1) is 0 Å². The number of hydrogen-bond acceptors (Lipinski definition) is 4. The lowest BCUT2D eigenvalue weighted by Crippen LogP contribution is -2.45. The van der Waals surface area contributed by atoms with Crippen LogP contribution < -0.4 is 16.3 Å². The van der Waals surface area contributed by atoms with Gasteiger partial charge in [-0.2, -0.15) is 5.53 Å². The van der Waals surface area contributed by atoms with Crippen LogP contribution in [0.25, 0.3) is 0 Å². The van der Waals surface area contributed by atoms with E-state index >= 15 is 0 Å². The lowest BCUT2D eigenvalue weighted by atomic mass is 9.85. The molecule has 1 saturated heterocycles. The Balaban J connectivity index is 1.80. The largest absolute Gasteiger partial charge is 0.300 e. The van der Waals surface area contributed by atoms with Crippen LogP contribution in [-0.4, -0.2) is 43.2 Å². The standard InChI is InChI=1S/C11H22F2N4/c1-2-14-11-7-17(16-15-11)6-8-9(12)4-3-5-10(8)13/h8-11,14-16H,2-7H2,1H3. The summed E-state index contributed by atoms with van der Waals surface area (Å²) in [7, 11) is 0. The van der Waals surface area contributed by atoms with Crippen molar-refractivity contribution in [2.75, 3.05) is 19.6 Å². The third-order valence-electron chi connectivity index (χ3n) is 3.57. The van der Waals surface area contributed by atoms with Gasteiger partial charge in [0.2, 0.25) is 0 Å². The third kappa shape index (κ3) is 3.34. The van der Waals surface area contributed by atoms with Crippen LogP contribution in [0.2, 0.25) is 0 Å². The number of hydrogen-bond donors (Lipinski definition) is 3. The molecule has 2 fully saturated rings. The number of hydrazine groups is 2. The van der Waals surface area contributed by atoms with Crippen LogP contribution in [0, 0.1) is 5.92 Å². The fourth-order valence-electron chi connectivity index (χ4n) is 2.61. The van der Waals surface area contributed by atoms with E-state index in [1.54, 1.807) is 0 Å². The van der Waals surface area contributed by atoms with Crippen molar-refractivity contribution in [1.82, 2.24) is 21.3 Å². The summed E-state index contributed by atoms with van der Waals surface area (Å²) in [5, 5.41) is 5.09. The average Bonchev–Trinajstić information content (AvgIpc) is 2.72. The zero-order valence-corrected chi connectivity index (χ0v) is 10.3. The molecule has 3 N–H and O–H groups in total. The Kier molecular flexibility index (Phi) is 4.67. The number of alkyl halides is 2. The molecule has 1 heterocycles. The van der Waals surface area contributed by atoms with Gasteiger partial charge in [-0.3, -0.25) is 0 Å². The summed E-state index contributed by atoms with van der Waals surface area (Å²) in [6, 6.07) is 0. The Hall–Kier alpha value is -0.300. The van der Waals surface area contributed by atoms with Gasteiger partial charge in [-0.25, -0.2) is 19.2 Å². The second-order valence-corrected chi connectivity index (χ2v) is 4.90. The summed E-state index contributed by atoms with van der Waals surface area (Å²) in [5.74, 6) is -0.488. The first-order valence-electron chi connectivity index (χ1n) is 6.48. The number of likely N-dealkylation sites (N-methyl/N-ethyl adjacent to an activating group) is 1. The van der Waals surface area contributed by atoms with Crippen molar-refractivity contribution in [1.29, 1.82) is 0 Å². The zero-order valence-electron chi connectivity index (χ0n) is 10.3. The van der Waals surface area contributed by atoms with E-state index in [0.717, 1.165) is 13.1 Å². The highest BCUT2D eigenvalue weighted by Gasteiger charge is 2.36. The van der Waals surface area contributed by atoms with Gasteiger partial charge in [-0.1, -0.05) is 6.92 Å². The average molecular weight is 248 g/mol. The summed E-state index contributed by atoms with van der Waals surface area (Å²) in [6.45, 7) is 4.05. The molecule has 3 unspecified atom stereocenters. The molecule has 1 saturated carbocycles. The van der Waals surface area contributed by atoms with E-state index in [0.29, 0.717) is 25.8 Å². The smallest absolute Gasteiger partial charge is 0.107 e. The lowest BCUT2D eigenvalue weighted by Gasteiger charge is -2.32. The molecule has 0 amide bonds. The summed E-state index contributed by atoms with van der Waals surface area (Å²) in [6.07, 6.45) is -0.173. The van der Waals surface area contributed by atoms with E-state index in [-0.39, 0.29) is 6.17 Å². The summed E-state index contributed by atoms with van der Waals surface area (Å²) < 4.78 is 27.3. The maximum atomic E-state index is 13.7. The van der Waals surface area contributed by atoms with Gasteiger partial charge in [-0.05, 0) is 25.8 Å². The molecule has 100 valence electrons. The van der Waals surface area contributed by atoms with Crippen molar-refractivity contribution in [2.45, 2.75) is 44.7 Å². The second kappa shape index (κ2) is 6.04. The molecule has 0 spiro atoms.